The molecule has 9 heteroatoms. The van der Waals surface area contributed by atoms with Crippen LogP contribution in [0.2, 0.25) is 5.02 Å². The van der Waals surface area contributed by atoms with Crippen molar-refractivity contribution in [2.45, 2.75) is 24.5 Å². The molecule has 2 aromatic carbocycles. The lowest BCUT2D eigenvalue weighted by Crippen LogP contribution is -2.53. The molecule has 3 heterocycles. The fourth-order valence-electron chi connectivity index (χ4n) is 5.04. The monoisotopic (exact) mass is 459 g/mol. The zero-order chi connectivity index (χ0) is 22.6. The summed E-state index contributed by atoms with van der Waals surface area (Å²) in [5.74, 6) is 0.393. The first-order valence-electron chi connectivity index (χ1n) is 10.5. The molecule has 0 saturated carbocycles. The molecule has 5 rings (SSSR count). The van der Waals surface area contributed by atoms with Crippen LogP contribution in [0.1, 0.15) is 29.6 Å². The number of hydrogen-bond acceptors (Lipinski definition) is 5. The van der Waals surface area contributed by atoms with E-state index in [4.69, 9.17) is 21.1 Å². The van der Waals surface area contributed by atoms with Crippen LogP contribution in [0.4, 0.5) is 10.1 Å². The third kappa shape index (κ3) is 3.38. The number of carbonyl (C=O) groups is 2. The molecule has 2 amide bonds. The van der Waals surface area contributed by atoms with Crippen LogP contribution in [0.3, 0.4) is 0 Å². The molecule has 0 aliphatic carbocycles. The van der Waals surface area contributed by atoms with E-state index in [1.165, 1.54) is 12.1 Å². The van der Waals surface area contributed by atoms with Crippen LogP contribution in [0, 0.1) is 11.7 Å². The highest BCUT2D eigenvalue weighted by Crippen LogP contribution is 2.48. The highest BCUT2D eigenvalue weighted by Gasteiger charge is 2.46. The Morgan fingerprint density at radius 1 is 1.22 bits per heavy atom. The number of anilines is 1. The van der Waals surface area contributed by atoms with Gasteiger partial charge in [0.05, 0.1) is 23.9 Å². The summed E-state index contributed by atoms with van der Waals surface area (Å²) in [6.07, 6.45) is -0.163. The predicted octanol–water partition coefficient (Wildman–Crippen LogP) is 3.09. The second-order valence-corrected chi connectivity index (χ2v) is 8.86. The van der Waals surface area contributed by atoms with E-state index in [1.54, 1.807) is 25.1 Å². The summed E-state index contributed by atoms with van der Waals surface area (Å²) in [4.78, 5) is 27.2. The van der Waals surface area contributed by atoms with Crippen molar-refractivity contribution in [1.82, 2.24) is 10.2 Å². The van der Waals surface area contributed by atoms with Gasteiger partial charge in [-0.3, -0.25) is 9.59 Å². The molecule has 0 spiro atoms. The largest absolute Gasteiger partial charge is 0.497 e. The summed E-state index contributed by atoms with van der Waals surface area (Å²) in [7, 11) is 3.36. The Hall–Kier alpha value is -2.84. The molecule has 168 valence electrons. The first kappa shape index (κ1) is 21.0. The molecule has 32 heavy (non-hydrogen) atoms. The fourth-order valence-corrected chi connectivity index (χ4v) is 5.31. The van der Waals surface area contributed by atoms with Gasteiger partial charge in [-0.2, -0.15) is 0 Å². The maximum absolute atomic E-state index is 13.6. The first-order chi connectivity index (χ1) is 15.4. The van der Waals surface area contributed by atoms with Gasteiger partial charge in [-0.05, 0) is 37.1 Å². The second kappa shape index (κ2) is 7.94. The van der Waals surface area contributed by atoms with Crippen molar-refractivity contribution in [3.63, 3.8) is 0 Å². The normalized spacial score (nSPS) is 26.8. The van der Waals surface area contributed by atoms with Crippen molar-refractivity contribution in [3.8, 4) is 11.5 Å². The van der Waals surface area contributed by atoms with Gasteiger partial charge in [-0.1, -0.05) is 17.7 Å². The molecular formula is C23H23ClFN3O4. The van der Waals surface area contributed by atoms with Crippen LogP contribution >= 0.6 is 11.6 Å². The maximum Gasteiger partial charge on any atom is 0.270 e. The fraction of sp³-hybridized carbons (Fsp3) is 0.391. The zero-order valence-corrected chi connectivity index (χ0v) is 18.4. The van der Waals surface area contributed by atoms with Crippen LogP contribution in [-0.2, 0) is 9.59 Å². The Labute approximate surface area is 189 Å². The summed E-state index contributed by atoms with van der Waals surface area (Å²) < 4.78 is 25.3. The van der Waals surface area contributed by atoms with E-state index in [-0.39, 0.29) is 28.8 Å². The van der Waals surface area contributed by atoms with Crippen LogP contribution in [-0.4, -0.2) is 50.0 Å². The highest BCUT2D eigenvalue weighted by atomic mass is 35.5. The van der Waals surface area contributed by atoms with Gasteiger partial charge < -0.3 is 25.0 Å². The smallest absolute Gasteiger partial charge is 0.270 e. The second-order valence-electron chi connectivity index (χ2n) is 8.46. The number of amides is 2. The van der Waals surface area contributed by atoms with E-state index in [0.717, 1.165) is 24.6 Å². The van der Waals surface area contributed by atoms with E-state index < -0.39 is 17.8 Å². The Morgan fingerprint density at radius 2 is 2.03 bits per heavy atom. The molecule has 0 aromatic heterocycles. The number of ether oxygens (including phenoxy) is 2. The molecule has 3 aliphatic rings. The van der Waals surface area contributed by atoms with Crippen molar-refractivity contribution in [2.24, 2.45) is 5.92 Å². The lowest BCUT2D eigenvalue weighted by Gasteiger charge is -2.40. The lowest BCUT2D eigenvalue weighted by atomic mass is 9.77. The number of benzene rings is 2. The van der Waals surface area contributed by atoms with Gasteiger partial charge in [0.1, 0.15) is 17.3 Å². The molecule has 3 aliphatic heterocycles. The number of carbonyl (C=O) groups excluding carboxylic acids is 2. The average Bonchev–Trinajstić information content (AvgIpc) is 3.26. The van der Waals surface area contributed by atoms with Gasteiger partial charge in [-0.15, -0.1) is 0 Å². The zero-order valence-electron chi connectivity index (χ0n) is 17.7. The number of nitrogens with zero attached hydrogens (tertiary/aromatic N) is 1. The van der Waals surface area contributed by atoms with Crippen molar-refractivity contribution in [3.05, 3.63) is 52.3 Å². The molecule has 7 nitrogen and oxygen atoms in total. The van der Waals surface area contributed by atoms with E-state index in [1.807, 2.05) is 6.07 Å². The number of halogens is 2. The number of piperidine rings is 1. The number of hydrogen-bond donors (Lipinski definition) is 2. The first-order valence-corrected chi connectivity index (χ1v) is 10.9. The van der Waals surface area contributed by atoms with E-state index in [0.29, 0.717) is 29.3 Å². The quantitative estimate of drug-likeness (QED) is 0.737. The Balaban J connectivity index is 1.59. The van der Waals surface area contributed by atoms with Crippen molar-refractivity contribution in [2.75, 3.05) is 32.6 Å². The van der Waals surface area contributed by atoms with Crippen LogP contribution in [0.15, 0.2) is 30.3 Å². The summed E-state index contributed by atoms with van der Waals surface area (Å²) >= 11 is 6.23. The molecule has 0 bridgehead atoms. The molecule has 4 atom stereocenters. The van der Waals surface area contributed by atoms with E-state index in [9.17, 15) is 14.0 Å². The Bertz CT molecular complexity index is 1110. The number of rotatable bonds is 3. The molecule has 2 saturated heterocycles. The molecular weight excluding hydrogens is 437 g/mol. The molecule has 2 aromatic rings. The molecule has 2 N–H and O–H groups in total. The summed E-state index contributed by atoms with van der Waals surface area (Å²) in [6.45, 7) is 1.30. The molecule has 3 unspecified atom stereocenters. The van der Waals surface area contributed by atoms with Gasteiger partial charge in [0.2, 0.25) is 12.0 Å². The lowest BCUT2D eigenvalue weighted by molar-refractivity contribution is -0.136. The molecule has 0 radical (unpaired) electrons. The third-order valence-corrected chi connectivity index (χ3v) is 6.93. The Kier molecular flexibility index (Phi) is 5.22. The molecule has 2 fully saturated rings. The number of nitrogens with one attached hydrogen (secondary N) is 2. The maximum atomic E-state index is 13.6. The number of methoxy groups -OCH3 is 1. The number of likely N-dealkylation sites (N-methyl/N-ethyl adjacent to an activating group) is 1. The number of likely N-dealkylation sites (tertiary alicyclic amines) is 1. The third-order valence-electron chi connectivity index (χ3n) is 6.60. The van der Waals surface area contributed by atoms with Crippen LogP contribution in [0.25, 0.3) is 0 Å². The minimum atomic E-state index is -1.02. The summed E-state index contributed by atoms with van der Waals surface area (Å²) in [5, 5.41) is 6.32. The number of fused-ring (bicyclic) bond motifs is 2. The van der Waals surface area contributed by atoms with Crippen LogP contribution in [0.5, 0.6) is 11.5 Å². The van der Waals surface area contributed by atoms with E-state index >= 15 is 0 Å². The minimum absolute atomic E-state index is 0.0131. The van der Waals surface area contributed by atoms with Crippen molar-refractivity contribution in [1.29, 1.82) is 0 Å². The standard InChI is InChI=1S/C23H23ClFN3O4/c1-28-10-16(13-5-6-26-19(13)23(28)30)15-8-12(31-2)9-18-20(15)32-21(22(29)27-18)14-4-3-11(25)7-17(14)24/h3-4,7-9,13,16,19,21,26H,5-6,10H2,1-2H3,(H,27,29)/t13?,16?,19?,21-/m1/s1. The predicted molar refractivity (Wildman–Crippen MR) is 117 cm³/mol. The van der Waals surface area contributed by atoms with Gasteiger partial charge >= 0.3 is 0 Å². The SMILES string of the molecule is COc1cc2c(c(C3CN(C)C(=O)C4NCCC43)c1)O[C@H](c1ccc(F)cc1Cl)C(=O)N2. The summed E-state index contributed by atoms with van der Waals surface area (Å²) in [5.41, 5.74) is 1.75. The van der Waals surface area contributed by atoms with E-state index in [2.05, 4.69) is 10.6 Å². The highest BCUT2D eigenvalue weighted by molar-refractivity contribution is 6.31. The Morgan fingerprint density at radius 3 is 2.78 bits per heavy atom. The average molecular weight is 460 g/mol. The van der Waals surface area contributed by atoms with Crippen LogP contribution < -0.4 is 20.1 Å². The summed E-state index contributed by atoms with van der Waals surface area (Å²) in [6, 6.07) is 7.24. The minimum Gasteiger partial charge on any atom is -0.497 e. The topological polar surface area (TPSA) is 79.9 Å². The van der Waals surface area contributed by atoms with Gasteiger partial charge in [0.15, 0.2) is 0 Å². The van der Waals surface area contributed by atoms with Gasteiger partial charge in [-0.25, -0.2) is 4.39 Å². The van der Waals surface area contributed by atoms with Crippen molar-refractivity contribution < 1.29 is 23.5 Å². The van der Waals surface area contributed by atoms with Crippen molar-refractivity contribution >= 4 is 29.1 Å². The van der Waals surface area contributed by atoms with Gasteiger partial charge in [0.25, 0.3) is 5.91 Å². The van der Waals surface area contributed by atoms with Gasteiger partial charge in [0, 0.05) is 36.7 Å².